The zero-order valence-corrected chi connectivity index (χ0v) is 15.9. The van der Waals surface area contributed by atoms with E-state index < -0.39 is 0 Å². The van der Waals surface area contributed by atoms with Gasteiger partial charge in [0.15, 0.2) is 11.5 Å². The summed E-state index contributed by atoms with van der Waals surface area (Å²) in [5.41, 5.74) is 2.08. The van der Waals surface area contributed by atoms with Gasteiger partial charge in [-0.2, -0.15) is 0 Å². The Morgan fingerprint density at radius 1 is 1.29 bits per heavy atom. The Morgan fingerprint density at radius 2 is 2.14 bits per heavy atom. The molecule has 28 heavy (non-hydrogen) atoms. The maximum absolute atomic E-state index is 12.1. The molecule has 1 heterocycles. The van der Waals surface area contributed by atoms with Crippen molar-refractivity contribution in [3.8, 4) is 17.2 Å². The summed E-state index contributed by atoms with van der Waals surface area (Å²) in [5, 5.41) is 12.5. The Bertz CT molecular complexity index is 942. The van der Waals surface area contributed by atoms with Gasteiger partial charge in [-0.1, -0.05) is 12.1 Å². The van der Waals surface area contributed by atoms with E-state index in [2.05, 4.69) is 15.3 Å². The second-order valence-corrected chi connectivity index (χ2v) is 5.63. The number of anilines is 1. The summed E-state index contributed by atoms with van der Waals surface area (Å²) in [7, 11) is 1.48. The topological polar surface area (TPSA) is 96.5 Å². The third-order valence-electron chi connectivity index (χ3n) is 3.67. The van der Waals surface area contributed by atoms with Crippen molar-refractivity contribution in [2.24, 2.45) is 0 Å². The predicted molar refractivity (Wildman–Crippen MR) is 109 cm³/mol. The minimum atomic E-state index is -0.297. The second kappa shape index (κ2) is 10.0. The number of amides is 1. The summed E-state index contributed by atoms with van der Waals surface area (Å²) in [6.07, 6.45) is 6.34. The van der Waals surface area contributed by atoms with Gasteiger partial charge in [-0.3, -0.25) is 4.79 Å². The van der Waals surface area contributed by atoms with Crippen molar-refractivity contribution in [1.82, 2.24) is 9.97 Å². The van der Waals surface area contributed by atoms with Crippen LogP contribution in [0.4, 0.5) is 5.69 Å². The van der Waals surface area contributed by atoms with Gasteiger partial charge in [0.25, 0.3) is 0 Å². The van der Waals surface area contributed by atoms with Gasteiger partial charge >= 0.3 is 0 Å². The SMILES string of the molecule is COc1ccc(C=CC(=O)Nc2cccc(OCc3c[nH]cn3)c2)cc1O.Cl. The Labute approximate surface area is 168 Å². The first-order valence-electron chi connectivity index (χ1n) is 8.20. The molecule has 0 saturated heterocycles. The van der Waals surface area contributed by atoms with Gasteiger partial charge < -0.3 is 24.9 Å². The Morgan fingerprint density at radius 3 is 2.86 bits per heavy atom. The van der Waals surface area contributed by atoms with Crippen LogP contribution in [-0.2, 0) is 11.4 Å². The third kappa shape index (κ3) is 5.78. The molecule has 0 aliphatic rings. The minimum absolute atomic E-state index is 0. The molecule has 0 unspecified atom stereocenters. The highest BCUT2D eigenvalue weighted by Gasteiger charge is 2.03. The number of hydrogen-bond acceptors (Lipinski definition) is 5. The lowest BCUT2D eigenvalue weighted by atomic mass is 10.2. The summed E-state index contributed by atoms with van der Waals surface area (Å²) in [5.74, 6) is 0.722. The number of benzene rings is 2. The molecule has 3 aromatic rings. The molecule has 3 N–H and O–H groups in total. The minimum Gasteiger partial charge on any atom is -0.504 e. The van der Waals surface area contributed by atoms with Gasteiger partial charge in [0, 0.05) is 24.0 Å². The molecule has 146 valence electrons. The van der Waals surface area contributed by atoms with Crippen LogP contribution < -0.4 is 14.8 Å². The van der Waals surface area contributed by atoms with Crippen LogP contribution >= 0.6 is 12.4 Å². The first kappa shape index (κ1) is 20.9. The summed E-state index contributed by atoms with van der Waals surface area (Å²) in [6.45, 7) is 0.335. The number of phenolic OH excluding ortho intramolecular Hbond substituents is 1. The molecule has 0 radical (unpaired) electrons. The van der Waals surface area contributed by atoms with Crippen molar-refractivity contribution in [3.05, 3.63) is 72.3 Å². The maximum atomic E-state index is 12.1. The maximum Gasteiger partial charge on any atom is 0.248 e. The fourth-order valence-electron chi connectivity index (χ4n) is 2.36. The highest BCUT2D eigenvalue weighted by atomic mass is 35.5. The number of H-pyrrole nitrogens is 1. The normalized spacial score (nSPS) is 10.3. The molecule has 0 bridgehead atoms. The molecule has 8 heteroatoms. The van der Waals surface area contributed by atoms with Crippen molar-refractivity contribution in [2.45, 2.75) is 6.61 Å². The molecule has 1 amide bonds. The highest BCUT2D eigenvalue weighted by molar-refractivity contribution is 6.02. The molecule has 0 saturated carbocycles. The monoisotopic (exact) mass is 401 g/mol. The van der Waals surface area contributed by atoms with Crippen molar-refractivity contribution in [2.75, 3.05) is 12.4 Å². The Kier molecular flexibility index (Phi) is 7.47. The number of aromatic hydroxyl groups is 1. The summed E-state index contributed by atoms with van der Waals surface area (Å²) >= 11 is 0. The van der Waals surface area contributed by atoms with E-state index >= 15 is 0 Å². The quantitative estimate of drug-likeness (QED) is 0.523. The van der Waals surface area contributed by atoms with Gasteiger partial charge in [0.05, 0.1) is 19.1 Å². The molecule has 0 atom stereocenters. The molecular formula is C20H20ClN3O4. The number of phenols is 1. The number of carbonyl (C=O) groups excluding carboxylic acids is 1. The second-order valence-electron chi connectivity index (χ2n) is 5.63. The average Bonchev–Trinajstić information content (AvgIpc) is 3.19. The number of methoxy groups -OCH3 is 1. The van der Waals surface area contributed by atoms with Crippen LogP contribution in [0.25, 0.3) is 6.08 Å². The summed E-state index contributed by atoms with van der Waals surface area (Å²) in [6, 6.07) is 12.0. The van der Waals surface area contributed by atoms with E-state index in [1.165, 1.54) is 19.3 Å². The number of ether oxygens (including phenoxy) is 2. The largest absolute Gasteiger partial charge is 0.504 e. The van der Waals surface area contributed by atoms with Crippen LogP contribution in [0.3, 0.4) is 0 Å². The fraction of sp³-hybridized carbons (Fsp3) is 0.100. The van der Waals surface area contributed by atoms with Crippen LogP contribution in [0.2, 0.25) is 0 Å². The van der Waals surface area contributed by atoms with E-state index in [-0.39, 0.29) is 24.1 Å². The Hall–Kier alpha value is -3.45. The van der Waals surface area contributed by atoms with Crippen LogP contribution in [0.5, 0.6) is 17.2 Å². The van der Waals surface area contributed by atoms with Crippen LogP contribution in [0.1, 0.15) is 11.3 Å². The number of rotatable bonds is 7. The van der Waals surface area contributed by atoms with Gasteiger partial charge in [0.1, 0.15) is 12.4 Å². The lowest BCUT2D eigenvalue weighted by Gasteiger charge is -2.07. The number of imidazole rings is 1. The van der Waals surface area contributed by atoms with Crippen LogP contribution in [0, 0.1) is 0 Å². The lowest BCUT2D eigenvalue weighted by molar-refractivity contribution is -0.111. The van der Waals surface area contributed by atoms with Crippen LogP contribution in [-0.4, -0.2) is 28.1 Å². The molecule has 0 aliphatic heterocycles. The predicted octanol–water partition coefficient (Wildman–Crippen LogP) is 3.78. The molecular weight excluding hydrogens is 382 g/mol. The lowest BCUT2D eigenvalue weighted by Crippen LogP contribution is -2.07. The van der Waals surface area contributed by atoms with E-state index in [9.17, 15) is 9.90 Å². The van der Waals surface area contributed by atoms with Gasteiger partial charge in [-0.15, -0.1) is 12.4 Å². The average molecular weight is 402 g/mol. The van der Waals surface area contributed by atoms with E-state index in [0.29, 0.717) is 29.4 Å². The summed E-state index contributed by atoms with van der Waals surface area (Å²) in [4.78, 5) is 19.1. The molecule has 0 fully saturated rings. The number of hydrogen-bond donors (Lipinski definition) is 3. The fourth-order valence-corrected chi connectivity index (χ4v) is 2.36. The van der Waals surface area contributed by atoms with Crippen LogP contribution in [0.15, 0.2) is 61.1 Å². The molecule has 1 aromatic heterocycles. The Balaban J connectivity index is 0.00000280. The number of nitrogens with zero attached hydrogens (tertiary/aromatic N) is 1. The van der Waals surface area contributed by atoms with Gasteiger partial charge in [-0.05, 0) is 35.9 Å². The first-order valence-corrected chi connectivity index (χ1v) is 8.20. The number of aromatic nitrogens is 2. The third-order valence-corrected chi connectivity index (χ3v) is 3.67. The van der Waals surface area contributed by atoms with E-state index in [1.54, 1.807) is 55.0 Å². The van der Waals surface area contributed by atoms with E-state index in [4.69, 9.17) is 9.47 Å². The molecule has 0 spiro atoms. The van der Waals surface area contributed by atoms with Crippen molar-refractivity contribution in [3.63, 3.8) is 0 Å². The summed E-state index contributed by atoms with van der Waals surface area (Å²) < 4.78 is 10.6. The number of carbonyl (C=O) groups is 1. The standard InChI is InChI=1S/C20H19N3O4.ClH/c1-26-19-7-5-14(9-18(19)24)6-8-20(25)23-15-3-2-4-17(10-15)27-12-16-11-21-13-22-16;/h2-11,13,24H,12H2,1H3,(H,21,22)(H,23,25);1H. The highest BCUT2D eigenvalue weighted by Crippen LogP contribution is 2.26. The number of aromatic amines is 1. The molecule has 2 aromatic carbocycles. The molecule has 7 nitrogen and oxygen atoms in total. The molecule has 0 aliphatic carbocycles. The number of nitrogens with one attached hydrogen (secondary N) is 2. The first-order chi connectivity index (χ1) is 13.1. The van der Waals surface area contributed by atoms with E-state index in [0.717, 1.165) is 5.69 Å². The van der Waals surface area contributed by atoms with E-state index in [1.807, 2.05) is 0 Å². The van der Waals surface area contributed by atoms with Crippen molar-refractivity contribution >= 4 is 30.1 Å². The molecule has 3 rings (SSSR count). The zero-order valence-electron chi connectivity index (χ0n) is 15.1. The van der Waals surface area contributed by atoms with Gasteiger partial charge in [-0.25, -0.2) is 4.98 Å². The smallest absolute Gasteiger partial charge is 0.248 e. The van der Waals surface area contributed by atoms with Gasteiger partial charge in [0.2, 0.25) is 5.91 Å². The van der Waals surface area contributed by atoms with Crippen molar-refractivity contribution in [1.29, 1.82) is 0 Å². The number of halogens is 1. The van der Waals surface area contributed by atoms with Crippen molar-refractivity contribution < 1.29 is 19.4 Å². The zero-order chi connectivity index (χ0) is 19.1.